The fraction of sp³-hybridized carbons (Fsp3) is 0.0556. The predicted octanol–water partition coefficient (Wildman–Crippen LogP) is 3.04. The van der Waals surface area contributed by atoms with Crippen LogP contribution in [0.1, 0.15) is 20.9 Å². The molecule has 3 rings (SSSR count). The van der Waals surface area contributed by atoms with Gasteiger partial charge in [-0.05, 0) is 42.0 Å². The molecule has 2 N–H and O–H groups in total. The lowest BCUT2D eigenvalue weighted by atomic mass is 10.2. The Morgan fingerprint density at radius 2 is 1.83 bits per heavy atom. The third-order valence-corrected chi connectivity index (χ3v) is 4.70. The average Bonchev–Trinajstić information content (AvgIpc) is 3.15. The third-order valence-electron chi connectivity index (χ3n) is 3.61. The maximum absolute atomic E-state index is 12.1. The largest absolute Gasteiger partial charge is 0.296 e. The van der Waals surface area contributed by atoms with Crippen LogP contribution in [0.4, 0.5) is 10.8 Å². The Morgan fingerprint density at radius 1 is 1.13 bits per heavy atom. The fourth-order valence-electron chi connectivity index (χ4n) is 2.18. The molecule has 0 aliphatic carbocycles. The molecule has 0 bridgehead atoms. The number of carbonyl (C=O) groups is 2. The van der Waals surface area contributed by atoms with Crippen molar-refractivity contribution in [1.82, 2.24) is 15.6 Å². The molecule has 3 aromatic rings. The van der Waals surface area contributed by atoms with Gasteiger partial charge in [-0.2, -0.15) is 5.10 Å². The number of non-ortho nitro benzene ring substituents is 1. The van der Waals surface area contributed by atoms with Crippen molar-refractivity contribution in [1.29, 1.82) is 0 Å². The zero-order valence-corrected chi connectivity index (χ0v) is 16.7. The van der Waals surface area contributed by atoms with Crippen molar-refractivity contribution in [3.63, 3.8) is 0 Å². The molecule has 0 spiro atoms. The van der Waals surface area contributed by atoms with Crippen molar-refractivity contribution < 1.29 is 14.5 Å². The van der Waals surface area contributed by atoms with E-state index < -0.39 is 10.8 Å². The van der Waals surface area contributed by atoms with Crippen LogP contribution in [0, 0.1) is 10.1 Å². The number of nitrogens with one attached hydrogen (secondary N) is 2. The van der Waals surface area contributed by atoms with Crippen molar-refractivity contribution in [3.8, 4) is 0 Å². The number of rotatable bonds is 7. The highest BCUT2D eigenvalue weighted by molar-refractivity contribution is 7.15. The number of nitro groups is 1. The van der Waals surface area contributed by atoms with Gasteiger partial charge >= 0.3 is 0 Å². The molecule has 12 heteroatoms. The highest BCUT2D eigenvalue weighted by Gasteiger charge is 2.12. The van der Waals surface area contributed by atoms with Crippen molar-refractivity contribution >= 4 is 51.8 Å². The van der Waals surface area contributed by atoms with Gasteiger partial charge in [0.1, 0.15) is 5.01 Å². The van der Waals surface area contributed by atoms with Gasteiger partial charge in [-0.15, -0.1) is 10.2 Å². The molecule has 1 heterocycles. The topological polar surface area (TPSA) is 139 Å². The number of benzene rings is 2. The van der Waals surface area contributed by atoms with Crippen LogP contribution in [0.25, 0.3) is 0 Å². The predicted molar refractivity (Wildman–Crippen MR) is 112 cm³/mol. The number of hydrogen-bond acceptors (Lipinski definition) is 8. The Bertz CT molecular complexity index is 1100. The highest BCUT2D eigenvalue weighted by Crippen LogP contribution is 2.17. The van der Waals surface area contributed by atoms with Crippen LogP contribution < -0.4 is 10.7 Å². The van der Waals surface area contributed by atoms with Gasteiger partial charge in [0.2, 0.25) is 11.0 Å². The van der Waals surface area contributed by atoms with E-state index >= 15 is 0 Å². The molecule has 0 saturated carbocycles. The summed E-state index contributed by atoms with van der Waals surface area (Å²) in [6, 6.07) is 12.1. The normalized spacial score (nSPS) is 10.7. The van der Waals surface area contributed by atoms with Gasteiger partial charge in [0.25, 0.3) is 11.6 Å². The SMILES string of the molecule is O=C(Cc1nnc(NC(=O)c2ccc(Cl)cc2)s1)N/N=C\c1ccc([N+](=O)[O-])cc1. The molecule has 0 aliphatic heterocycles. The lowest BCUT2D eigenvalue weighted by Crippen LogP contribution is -2.19. The molecule has 30 heavy (non-hydrogen) atoms. The van der Waals surface area contributed by atoms with Crippen LogP contribution >= 0.6 is 22.9 Å². The Kier molecular flexibility index (Phi) is 6.78. The number of aromatic nitrogens is 2. The summed E-state index contributed by atoms with van der Waals surface area (Å²) in [7, 11) is 0. The zero-order valence-electron chi connectivity index (χ0n) is 15.1. The van der Waals surface area contributed by atoms with E-state index in [-0.39, 0.29) is 23.1 Å². The number of nitrogens with zero attached hydrogens (tertiary/aromatic N) is 4. The van der Waals surface area contributed by atoms with Crippen LogP contribution in [-0.4, -0.2) is 33.1 Å². The molecule has 0 saturated heterocycles. The lowest BCUT2D eigenvalue weighted by molar-refractivity contribution is -0.384. The maximum Gasteiger partial charge on any atom is 0.269 e. The first kappa shape index (κ1) is 21.0. The molecular formula is C18H13ClN6O4S. The molecule has 1 aromatic heterocycles. The van der Waals surface area contributed by atoms with Crippen LogP contribution in [0.15, 0.2) is 53.6 Å². The quantitative estimate of drug-likeness (QED) is 0.326. The summed E-state index contributed by atoms with van der Waals surface area (Å²) in [4.78, 5) is 34.2. The van der Waals surface area contributed by atoms with E-state index in [0.717, 1.165) is 11.3 Å². The minimum absolute atomic E-state index is 0.0357. The van der Waals surface area contributed by atoms with Crippen molar-refractivity contribution in [3.05, 3.63) is 79.8 Å². The highest BCUT2D eigenvalue weighted by atomic mass is 35.5. The van der Waals surface area contributed by atoms with E-state index in [1.807, 2.05) is 0 Å². The number of nitro benzene ring substituents is 1. The third kappa shape index (κ3) is 5.90. The first-order chi connectivity index (χ1) is 14.4. The summed E-state index contributed by atoms with van der Waals surface area (Å²) >= 11 is 6.86. The Hall–Kier alpha value is -3.70. The van der Waals surface area contributed by atoms with E-state index in [1.165, 1.54) is 30.5 Å². The molecule has 10 nitrogen and oxygen atoms in total. The number of hydrazone groups is 1. The smallest absolute Gasteiger partial charge is 0.269 e. The van der Waals surface area contributed by atoms with Crippen molar-refractivity contribution in [2.24, 2.45) is 5.10 Å². The maximum atomic E-state index is 12.1. The molecule has 0 radical (unpaired) electrons. The van der Waals surface area contributed by atoms with Gasteiger partial charge in [0.15, 0.2) is 0 Å². The van der Waals surface area contributed by atoms with E-state index in [1.54, 1.807) is 24.3 Å². The second-order valence-electron chi connectivity index (χ2n) is 5.78. The van der Waals surface area contributed by atoms with E-state index in [2.05, 4.69) is 26.0 Å². The second kappa shape index (κ2) is 9.67. The molecule has 0 fully saturated rings. The average molecular weight is 445 g/mol. The van der Waals surface area contributed by atoms with Gasteiger partial charge < -0.3 is 0 Å². The standard InChI is InChI=1S/C18H13ClN6O4S/c19-13-5-3-12(4-6-13)17(27)21-18-24-23-16(30-18)9-15(26)22-20-10-11-1-7-14(8-2-11)25(28)29/h1-8,10H,9H2,(H,22,26)(H,21,24,27)/b20-10-. The van der Waals surface area contributed by atoms with E-state index in [9.17, 15) is 19.7 Å². The van der Waals surface area contributed by atoms with Crippen LogP contribution in [0.5, 0.6) is 0 Å². The Morgan fingerprint density at radius 3 is 2.50 bits per heavy atom. The van der Waals surface area contributed by atoms with Crippen molar-refractivity contribution in [2.45, 2.75) is 6.42 Å². The van der Waals surface area contributed by atoms with Crippen LogP contribution in [0.3, 0.4) is 0 Å². The molecule has 2 aromatic carbocycles. The Balaban J connectivity index is 1.50. The summed E-state index contributed by atoms with van der Waals surface area (Å²) < 4.78 is 0. The fourth-order valence-corrected chi connectivity index (χ4v) is 3.04. The molecule has 0 unspecified atom stereocenters. The van der Waals surface area contributed by atoms with Gasteiger partial charge in [-0.1, -0.05) is 22.9 Å². The monoisotopic (exact) mass is 444 g/mol. The van der Waals surface area contributed by atoms with E-state index in [0.29, 0.717) is 21.2 Å². The van der Waals surface area contributed by atoms with Gasteiger partial charge in [0.05, 0.1) is 17.6 Å². The minimum atomic E-state index is -0.503. The summed E-state index contributed by atoms with van der Waals surface area (Å²) in [5.41, 5.74) is 3.30. The number of anilines is 1. The number of carbonyl (C=O) groups excluding carboxylic acids is 2. The number of amides is 2. The molecular weight excluding hydrogens is 432 g/mol. The van der Waals surface area contributed by atoms with Crippen LogP contribution in [0.2, 0.25) is 5.02 Å². The van der Waals surface area contributed by atoms with Gasteiger partial charge in [-0.25, -0.2) is 5.43 Å². The number of halogens is 1. The summed E-state index contributed by atoms with van der Waals surface area (Å²) in [5.74, 6) is -0.800. The van der Waals surface area contributed by atoms with Gasteiger partial charge in [-0.3, -0.25) is 25.0 Å². The zero-order chi connectivity index (χ0) is 21.5. The number of hydrogen-bond donors (Lipinski definition) is 2. The van der Waals surface area contributed by atoms with Gasteiger partial charge in [0, 0.05) is 22.7 Å². The molecule has 2 amide bonds. The summed E-state index contributed by atoms with van der Waals surface area (Å²) in [6.07, 6.45) is 1.28. The van der Waals surface area contributed by atoms with Crippen molar-refractivity contribution in [2.75, 3.05) is 5.32 Å². The van der Waals surface area contributed by atoms with E-state index in [4.69, 9.17) is 11.6 Å². The molecule has 152 valence electrons. The summed E-state index contributed by atoms with van der Waals surface area (Å²) in [5, 5.41) is 25.9. The summed E-state index contributed by atoms with van der Waals surface area (Å²) in [6.45, 7) is 0. The Labute approximate surface area is 178 Å². The van der Waals surface area contributed by atoms with Crippen LogP contribution in [-0.2, 0) is 11.2 Å². The molecule has 0 aliphatic rings. The molecule has 0 atom stereocenters. The lowest BCUT2D eigenvalue weighted by Gasteiger charge is -2.00. The second-order valence-corrected chi connectivity index (χ2v) is 7.28. The minimum Gasteiger partial charge on any atom is -0.296 e. The first-order valence-electron chi connectivity index (χ1n) is 8.36. The first-order valence-corrected chi connectivity index (χ1v) is 9.56.